The number of rotatable bonds is 3. The van der Waals surface area contributed by atoms with Crippen LogP contribution in [-0.4, -0.2) is 11.9 Å². The maximum absolute atomic E-state index is 12.3. The van der Waals surface area contributed by atoms with Crippen LogP contribution in [0.3, 0.4) is 0 Å². The summed E-state index contributed by atoms with van der Waals surface area (Å²) in [4.78, 5) is 12.3. The highest BCUT2D eigenvalue weighted by Crippen LogP contribution is 2.37. The van der Waals surface area contributed by atoms with Gasteiger partial charge in [-0.1, -0.05) is 32.4 Å². The lowest BCUT2D eigenvalue weighted by molar-refractivity contribution is -0.123. The van der Waals surface area contributed by atoms with E-state index in [1.807, 2.05) is 31.2 Å². The van der Waals surface area contributed by atoms with Crippen molar-refractivity contribution in [1.29, 1.82) is 0 Å². The van der Waals surface area contributed by atoms with Crippen molar-refractivity contribution in [2.45, 2.75) is 52.0 Å². The van der Waals surface area contributed by atoms with E-state index in [1.54, 1.807) is 0 Å². The second kappa shape index (κ2) is 5.24. The second-order valence-electron chi connectivity index (χ2n) is 6.33. The van der Waals surface area contributed by atoms with Gasteiger partial charge in [-0.2, -0.15) is 0 Å². The van der Waals surface area contributed by atoms with Gasteiger partial charge in [0.15, 0.2) is 0 Å². The fourth-order valence-corrected chi connectivity index (χ4v) is 2.87. The zero-order chi connectivity index (χ0) is 14.0. The molecule has 1 aromatic rings. The third-order valence-electron chi connectivity index (χ3n) is 4.38. The summed E-state index contributed by atoms with van der Waals surface area (Å²) in [5.41, 5.74) is 7.67. The van der Waals surface area contributed by atoms with Gasteiger partial charge in [0.1, 0.15) is 0 Å². The van der Waals surface area contributed by atoms with Crippen LogP contribution in [-0.2, 0) is 4.79 Å². The summed E-state index contributed by atoms with van der Waals surface area (Å²) in [5.74, 6) is -0.0505. The second-order valence-corrected chi connectivity index (χ2v) is 6.33. The van der Waals surface area contributed by atoms with E-state index in [0.717, 1.165) is 12.0 Å². The van der Waals surface area contributed by atoms with E-state index < -0.39 is 0 Å². The summed E-state index contributed by atoms with van der Waals surface area (Å²) < 4.78 is 0. The fraction of sp³-hybridized carbons (Fsp3) is 0.562. The molecule has 0 aromatic heterocycles. The van der Waals surface area contributed by atoms with Gasteiger partial charge in [0.25, 0.3) is 0 Å². The van der Waals surface area contributed by atoms with E-state index in [4.69, 9.17) is 5.73 Å². The lowest BCUT2D eigenvalue weighted by Gasteiger charge is -2.29. The molecule has 0 saturated heterocycles. The molecule has 1 fully saturated rings. The van der Waals surface area contributed by atoms with Crippen molar-refractivity contribution in [3.8, 4) is 0 Å². The normalized spacial score (nSPS) is 23.0. The summed E-state index contributed by atoms with van der Waals surface area (Å²) in [6, 6.07) is 7.87. The van der Waals surface area contributed by atoms with Crippen molar-refractivity contribution in [3.05, 3.63) is 29.8 Å². The maximum Gasteiger partial charge on any atom is 0.227 e. The Morgan fingerprint density at radius 1 is 1.47 bits per heavy atom. The molecule has 0 heterocycles. The average molecular weight is 260 g/mol. The molecule has 1 saturated carbocycles. The van der Waals surface area contributed by atoms with Crippen LogP contribution in [0, 0.1) is 5.41 Å². The van der Waals surface area contributed by atoms with E-state index in [-0.39, 0.29) is 17.2 Å². The van der Waals surface area contributed by atoms with Gasteiger partial charge in [-0.3, -0.25) is 4.79 Å². The Labute approximate surface area is 115 Å². The molecule has 19 heavy (non-hydrogen) atoms. The Balaban J connectivity index is 2.04. The zero-order valence-electron chi connectivity index (χ0n) is 12.1. The molecule has 104 valence electrons. The molecule has 1 amide bonds. The molecule has 0 aliphatic heterocycles. The Kier molecular flexibility index (Phi) is 3.83. The molecule has 0 spiro atoms. The molecular formula is C16H24N2O. The van der Waals surface area contributed by atoms with Gasteiger partial charge in [-0.25, -0.2) is 0 Å². The predicted molar refractivity (Wildman–Crippen MR) is 78.8 cm³/mol. The highest BCUT2D eigenvalue weighted by Gasteiger charge is 2.36. The van der Waals surface area contributed by atoms with Crippen molar-refractivity contribution >= 4 is 11.6 Å². The number of carbonyl (C=O) groups excluding carboxylic acids is 1. The van der Waals surface area contributed by atoms with E-state index in [0.29, 0.717) is 11.7 Å². The first-order valence-corrected chi connectivity index (χ1v) is 7.06. The summed E-state index contributed by atoms with van der Waals surface area (Å²) >= 11 is 0. The summed E-state index contributed by atoms with van der Waals surface area (Å²) in [6.07, 6.45) is 3.47. The van der Waals surface area contributed by atoms with Gasteiger partial charge in [0.05, 0.1) is 5.92 Å². The number of carbonyl (C=O) groups is 1. The molecule has 2 atom stereocenters. The lowest BCUT2D eigenvalue weighted by atomic mass is 9.87. The molecular weight excluding hydrogens is 236 g/mol. The number of nitrogen functional groups attached to an aromatic ring is 1. The molecule has 0 bridgehead atoms. The summed E-state index contributed by atoms with van der Waals surface area (Å²) in [7, 11) is 0. The Morgan fingerprint density at radius 2 is 2.21 bits per heavy atom. The van der Waals surface area contributed by atoms with Gasteiger partial charge in [-0.05, 0) is 42.9 Å². The van der Waals surface area contributed by atoms with E-state index in [1.165, 1.54) is 12.8 Å². The largest absolute Gasteiger partial charge is 0.399 e. The monoisotopic (exact) mass is 260 g/mol. The highest BCUT2D eigenvalue weighted by atomic mass is 16.1. The van der Waals surface area contributed by atoms with Crippen molar-refractivity contribution in [2.24, 2.45) is 5.41 Å². The molecule has 3 N–H and O–H groups in total. The van der Waals surface area contributed by atoms with Gasteiger partial charge in [0, 0.05) is 11.7 Å². The maximum atomic E-state index is 12.3. The minimum atomic E-state index is -0.153. The first-order valence-electron chi connectivity index (χ1n) is 7.06. The summed E-state index contributed by atoms with van der Waals surface area (Å²) in [6.45, 7) is 6.40. The molecule has 3 heteroatoms. The van der Waals surface area contributed by atoms with Crippen LogP contribution in [0.1, 0.15) is 51.5 Å². The molecule has 1 aliphatic rings. The van der Waals surface area contributed by atoms with Gasteiger partial charge >= 0.3 is 0 Å². The smallest absolute Gasteiger partial charge is 0.227 e. The van der Waals surface area contributed by atoms with Crippen LogP contribution >= 0.6 is 0 Å². The molecule has 0 radical (unpaired) electrons. The quantitative estimate of drug-likeness (QED) is 0.821. The molecule has 2 unspecified atom stereocenters. The molecule has 2 rings (SSSR count). The standard InChI is InChI=1S/C16H24N2O/c1-11(12-6-4-7-13(17)10-12)15(19)18-14-8-5-9-16(14,2)3/h4,6-7,10-11,14H,5,8-9,17H2,1-3H3,(H,18,19). The molecule has 1 aromatic carbocycles. The molecule has 3 nitrogen and oxygen atoms in total. The Morgan fingerprint density at radius 3 is 2.79 bits per heavy atom. The first-order chi connectivity index (χ1) is 8.90. The van der Waals surface area contributed by atoms with Crippen LogP contribution in [0.25, 0.3) is 0 Å². The van der Waals surface area contributed by atoms with Gasteiger partial charge in [0.2, 0.25) is 5.91 Å². The third-order valence-corrected chi connectivity index (χ3v) is 4.38. The van der Waals surface area contributed by atoms with Crippen molar-refractivity contribution < 1.29 is 4.79 Å². The van der Waals surface area contributed by atoms with Crippen molar-refractivity contribution in [1.82, 2.24) is 5.32 Å². The topological polar surface area (TPSA) is 55.1 Å². The number of nitrogens with one attached hydrogen (secondary N) is 1. The number of nitrogens with two attached hydrogens (primary N) is 1. The zero-order valence-corrected chi connectivity index (χ0v) is 12.1. The van der Waals surface area contributed by atoms with Crippen LogP contribution in [0.5, 0.6) is 0 Å². The fourth-order valence-electron chi connectivity index (χ4n) is 2.87. The SMILES string of the molecule is CC(C(=O)NC1CCCC1(C)C)c1cccc(N)c1. The number of benzene rings is 1. The average Bonchev–Trinajstić information content (AvgIpc) is 2.68. The van der Waals surface area contributed by atoms with E-state index >= 15 is 0 Å². The number of anilines is 1. The van der Waals surface area contributed by atoms with E-state index in [2.05, 4.69) is 19.2 Å². The Bertz CT molecular complexity index is 468. The van der Waals surface area contributed by atoms with Crippen molar-refractivity contribution in [3.63, 3.8) is 0 Å². The van der Waals surface area contributed by atoms with Crippen LogP contribution < -0.4 is 11.1 Å². The van der Waals surface area contributed by atoms with E-state index in [9.17, 15) is 4.79 Å². The Hall–Kier alpha value is -1.51. The first kappa shape index (κ1) is 13.9. The third kappa shape index (κ3) is 3.09. The van der Waals surface area contributed by atoms with Crippen LogP contribution in [0.15, 0.2) is 24.3 Å². The minimum absolute atomic E-state index is 0.102. The summed E-state index contributed by atoms with van der Waals surface area (Å²) in [5, 5.41) is 3.21. The lowest BCUT2D eigenvalue weighted by Crippen LogP contribution is -2.43. The number of hydrogen-bond acceptors (Lipinski definition) is 2. The van der Waals surface area contributed by atoms with Gasteiger partial charge < -0.3 is 11.1 Å². The van der Waals surface area contributed by atoms with Gasteiger partial charge in [-0.15, -0.1) is 0 Å². The number of amides is 1. The number of hydrogen-bond donors (Lipinski definition) is 2. The minimum Gasteiger partial charge on any atom is -0.399 e. The highest BCUT2D eigenvalue weighted by molar-refractivity contribution is 5.83. The van der Waals surface area contributed by atoms with Crippen molar-refractivity contribution in [2.75, 3.05) is 5.73 Å². The predicted octanol–water partition coefficient (Wildman–Crippen LogP) is 3.07. The molecule has 1 aliphatic carbocycles. The van der Waals surface area contributed by atoms with Crippen LogP contribution in [0.2, 0.25) is 0 Å². The van der Waals surface area contributed by atoms with Crippen LogP contribution in [0.4, 0.5) is 5.69 Å².